The first kappa shape index (κ1) is 20.1. The first-order chi connectivity index (χ1) is 12.6. The van der Waals surface area contributed by atoms with Crippen LogP contribution in [0.25, 0.3) is 0 Å². The number of nitrogens with one attached hydrogen (secondary N) is 2. The monoisotopic (exact) mass is 374 g/mol. The number of amides is 1. The molecular formula is C21H27ClN2O2. The second-order valence-electron chi connectivity index (χ2n) is 6.30. The standard InChI is InChI=1S/C21H27ClN2O2/c1-3-4-5-6-12-26-19-9-7-8-17(13-19)23-15-21(25)24-18-11-10-16(2)20(22)14-18/h7-11,13-14,23H,3-6,12,15H2,1-2H3,(H,24,25). The summed E-state index contributed by atoms with van der Waals surface area (Å²) in [4.78, 5) is 12.1. The lowest BCUT2D eigenvalue weighted by atomic mass is 10.2. The van der Waals surface area contributed by atoms with Gasteiger partial charge in [0.2, 0.25) is 5.91 Å². The second-order valence-corrected chi connectivity index (χ2v) is 6.71. The lowest BCUT2D eigenvalue weighted by molar-refractivity contribution is -0.114. The quantitative estimate of drug-likeness (QED) is 0.527. The number of unbranched alkanes of at least 4 members (excludes halogenated alkanes) is 3. The fourth-order valence-corrected chi connectivity index (χ4v) is 2.65. The summed E-state index contributed by atoms with van der Waals surface area (Å²) in [6.07, 6.45) is 4.72. The number of carbonyl (C=O) groups excluding carboxylic acids is 1. The van der Waals surface area contributed by atoms with Crippen molar-refractivity contribution in [3.05, 3.63) is 53.1 Å². The molecular weight excluding hydrogens is 348 g/mol. The molecule has 2 aromatic carbocycles. The predicted molar refractivity (Wildman–Crippen MR) is 109 cm³/mol. The Kier molecular flexibility index (Phi) is 8.29. The van der Waals surface area contributed by atoms with Crippen molar-refractivity contribution < 1.29 is 9.53 Å². The van der Waals surface area contributed by atoms with E-state index in [9.17, 15) is 4.79 Å². The summed E-state index contributed by atoms with van der Waals surface area (Å²) in [5.41, 5.74) is 2.53. The third-order valence-corrected chi connectivity index (χ3v) is 4.42. The van der Waals surface area contributed by atoms with Gasteiger partial charge in [0.25, 0.3) is 0 Å². The van der Waals surface area contributed by atoms with E-state index in [0.717, 1.165) is 30.0 Å². The van der Waals surface area contributed by atoms with Gasteiger partial charge in [0.1, 0.15) is 5.75 Å². The van der Waals surface area contributed by atoms with Gasteiger partial charge in [-0.1, -0.05) is 49.9 Å². The van der Waals surface area contributed by atoms with Crippen molar-refractivity contribution in [3.63, 3.8) is 0 Å². The lowest BCUT2D eigenvalue weighted by Crippen LogP contribution is -2.21. The van der Waals surface area contributed by atoms with E-state index in [1.807, 2.05) is 43.3 Å². The number of ether oxygens (including phenoxy) is 1. The molecule has 5 heteroatoms. The van der Waals surface area contributed by atoms with Crippen molar-refractivity contribution in [2.45, 2.75) is 39.5 Å². The van der Waals surface area contributed by atoms with Gasteiger partial charge in [-0.2, -0.15) is 0 Å². The largest absolute Gasteiger partial charge is 0.494 e. The maximum atomic E-state index is 12.1. The number of hydrogen-bond donors (Lipinski definition) is 2. The fraction of sp³-hybridized carbons (Fsp3) is 0.381. The van der Waals surface area contributed by atoms with Gasteiger partial charge in [0.15, 0.2) is 0 Å². The minimum Gasteiger partial charge on any atom is -0.494 e. The summed E-state index contributed by atoms with van der Waals surface area (Å²) in [6.45, 7) is 5.01. The van der Waals surface area contributed by atoms with Crippen LogP contribution < -0.4 is 15.4 Å². The molecule has 4 nitrogen and oxygen atoms in total. The predicted octanol–water partition coefficient (Wildman–Crippen LogP) is 5.66. The minimum absolute atomic E-state index is 0.129. The Labute approximate surface area is 160 Å². The molecule has 0 aliphatic carbocycles. The zero-order valence-electron chi connectivity index (χ0n) is 15.5. The van der Waals surface area contributed by atoms with E-state index in [1.54, 1.807) is 6.07 Å². The molecule has 0 fully saturated rings. The molecule has 140 valence electrons. The molecule has 2 N–H and O–H groups in total. The summed E-state index contributed by atoms with van der Waals surface area (Å²) in [7, 11) is 0. The Bertz CT molecular complexity index is 719. The Balaban J connectivity index is 1.78. The molecule has 0 spiro atoms. The molecule has 1 amide bonds. The van der Waals surface area contributed by atoms with Gasteiger partial charge in [-0.25, -0.2) is 0 Å². The van der Waals surface area contributed by atoms with E-state index < -0.39 is 0 Å². The highest BCUT2D eigenvalue weighted by Gasteiger charge is 2.05. The van der Waals surface area contributed by atoms with Crippen LogP contribution >= 0.6 is 11.6 Å². The molecule has 0 radical (unpaired) electrons. The molecule has 0 unspecified atom stereocenters. The van der Waals surface area contributed by atoms with E-state index in [0.29, 0.717) is 10.7 Å². The topological polar surface area (TPSA) is 50.4 Å². The van der Waals surface area contributed by atoms with Gasteiger partial charge in [-0.15, -0.1) is 0 Å². The van der Waals surface area contributed by atoms with Gasteiger partial charge in [-0.05, 0) is 43.2 Å². The van der Waals surface area contributed by atoms with E-state index in [2.05, 4.69) is 17.6 Å². The molecule has 0 aliphatic heterocycles. The number of carbonyl (C=O) groups is 1. The van der Waals surface area contributed by atoms with Gasteiger partial charge >= 0.3 is 0 Å². The van der Waals surface area contributed by atoms with Crippen LogP contribution in [-0.2, 0) is 4.79 Å². The van der Waals surface area contributed by atoms with Gasteiger partial charge in [0.05, 0.1) is 13.2 Å². The van der Waals surface area contributed by atoms with Crippen molar-refractivity contribution >= 4 is 28.9 Å². The molecule has 0 bridgehead atoms. The van der Waals surface area contributed by atoms with Crippen molar-refractivity contribution in [1.82, 2.24) is 0 Å². The Morgan fingerprint density at radius 2 is 1.92 bits per heavy atom. The number of halogens is 1. The average molecular weight is 375 g/mol. The molecule has 0 heterocycles. The maximum absolute atomic E-state index is 12.1. The highest BCUT2D eigenvalue weighted by molar-refractivity contribution is 6.31. The van der Waals surface area contributed by atoms with Crippen LogP contribution in [0.3, 0.4) is 0 Å². The molecule has 0 saturated heterocycles. The second kappa shape index (κ2) is 10.7. The average Bonchev–Trinajstić information content (AvgIpc) is 2.63. The van der Waals surface area contributed by atoms with E-state index in [1.165, 1.54) is 19.3 Å². The zero-order valence-corrected chi connectivity index (χ0v) is 16.2. The Morgan fingerprint density at radius 3 is 2.69 bits per heavy atom. The van der Waals surface area contributed by atoms with E-state index in [-0.39, 0.29) is 12.5 Å². The van der Waals surface area contributed by atoms with Crippen LogP contribution in [0, 0.1) is 6.92 Å². The summed E-state index contributed by atoms with van der Waals surface area (Å²) >= 11 is 6.08. The van der Waals surface area contributed by atoms with E-state index in [4.69, 9.17) is 16.3 Å². The smallest absolute Gasteiger partial charge is 0.243 e. The van der Waals surface area contributed by atoms with Crippen molar-refractivity contribution in [3.8, 4) is 5.75 Å². The maximum Gasteiger partial charge on any atom is 0.243 e. The van der Waals surface area contributed by atoms with Crippen molar-refractivity contribution in [2.75, 3.05) is 23.8 Å². The third kappa shape index (κ3) is 6.96. The van der Waals surface area contributed by atoms with Crippen LogP contribution in [0.5, 0.6) is 5.75 Å². The van der Waals surface area contributed by atoms with Crippen LogP contribution in [0.1, 0.15) is 38.2 Å². The van der Waals surface area contributed by atoms with E-state index >= 15 is 0 Å². The summed E-state index contributed by atoms with van der Waals surface area (Å²) < 4.78 is 5.76. The Hall–Kier alpha value is -2.20. The number of aryl methyl sites for hydroxylation is 1. The minimum atomic E-state index is -0.129. The third-order valence-electron chi connectivity index (χ3n) is 4.01. The molecule has 0 aromatic heterocycles. The molecule has 26 heavy (non-hydrogen) atoms. The first-order valence-corrected chi connectivity index (χ1v) is 9.49. The summed E-state index contributed by atoms with van der Waals surface area (Å²) in [6, 6.07) is 13.1. The van der Waals surface area contributed by atoms with Gasteiger partial charge < -0.3 is 15.4 Å². The number of rotatable bonds is 10. The molecule has 2 aromatic rings. The highest BCUT2D eigenvalue weighted by atomic mass is 35.5. The van der Waals surface area contributed by atoms with Gasteiger partial charge in [0, 0.05) is 22.5 Å². The Morgan fingerprint density at radius 1 is 1.08 bits per heavy atom. The van der Waals surface area contributed by atoms with Crippen molar-refractivity contribution in [2.24, 2.45) is 0 Å². The summed E-state index contributed by atoms with van der Waals surface area (Å²) in [5, 5.41) is 6.59. The van der Waals surface area contributed by atoms with Crippen molar-refractivity contribution in [1.29, 1.82) is 0 Å². The SMILES string of the molecule is CCCCCCOc1cccc(NCC(=O)Nc2ccc(C)c(Cl)c2)c1. The number of anilines is 2. The lowest BCUT2D eigenvalue weighted by Gasteiger charge is -2.11. The van der Waals surface area contributed by atoms with Crippen LogP contribution in [-0.4, -0.2) is 19.1 Å². The van der Waals surface area contributed by atoms with Crippen LogP contribution in [0.15, 0.2) is 42.5 Å². The van der Waals surface area contributed by atoms with Gasteiger partial charge in [-0.3, -0.25) is 4.79 Å². The first-order valence-electron chi connectivity index (χ1n) is 9.11. The van der Waals surface area contributed by atoms with Crippen LogP contribution in [0.4, 0.5) is 11.4 Å². The summed E-state index contributed by atoms with van der Waals surface area (Å²) in [5.74, 6) is 0.688. The molecule has 2 rings (SSSR count). The number of benzene rings is 2. The highest BCUT2D eigenvalue weighted by Crippen LogP contribution is 2.20. The normalized spacial score (nSPS) is 10.4. The van der Waals surface area contributed by atoms with Crippen LogP contribution in [0.2, 0.25) is 5.02 Å². The zero-order chi connectivity index (χ0) is 18.8. The molecule has 0 atom stereocenters. The molecule has 0 aliphatic rings. The fourth-order valence-electron chi connectivity index (χ4n) is 2.47. The molecule has 0 saturated carbocycles. The number of hydrogen-bond acceptors (Lipinski definition) is 3.